The fourth-order valence-electron chi connectivity index (χ4n) is 1.36. The van der Waals surface area contributed by atoms with E-state index < -0.39 is 0 Å². The molecule has 0 aliphatic rings. The molecule has 6 nitrogen and oxygen atoms in total. The second-order valence-corrected chi connectivity index (χ2v) is 3.73. The minimum atomic E-state index is -0.243. The Hall–Kier alpha value is -2.37. The van der Waals surface area contributed by atoms with E-state index in [0.717, 1.165) is 18.8 Å². The van der Waals surface area contributed by atoms with Gasteiger partial charge in [0.15, 0.2) is 0 Å². The zero-order valence-electron chi connectivity index (χ0n) is 10.0. The number of hydrogen-bond acceptors (Lipinski definition) is 5. The van der Waals surface area contributed by atoms with Crippen LogP contribution in [0.2, 0.25) is 0 Å². The maximum atomic E-state index is 11.8. The number of aromatic nitrogens is 2. The molecule has 0 saturated heterocycles. The van der Waals surface area contributed by atoms with E-state index >= 15 is 0 Å². The van der Waals surface area contributed by atoms with Gasteiger partial charge in [0.1, 0.15) is 17.8 Å². The van der Waals surface area contributed by atoms with Gasteiger partial charge >= 0.3 is 0 Å². The Labute approximate surface area is 104 Å². The second kappa shape index (κ2) is 5.81. The van der Waals surface area contributed by atoms with Gasteiger partial charge in [-0.05, 0) is 18.6 Å². The number of nitrogens with zero attached hydrogens (tertiary/aromatic N) is 2. The maximum Gasteiger partial charge on any atom is 0.257 e. The number of anilines is 2. The van der Waals surface area contributed by atoms with Crippen LogP contribution < -0.4 is 10.6 Å². The number of carbonyl (C=O) groups is 1. The van der Waals surface area contributed by atoms with E-state index in [4.69, 9.17) is 0 Å². The lowest BCUT2D eigenvalue weighted by Crippen LogP contribution is -2.12. The fourth-order valence-corrected chi connectivity index (χ4v) is 1.36. The first kappa shape index (κ1) is 12.1. The molecule has 0 spiro atoms. The largest absolute Gasteiger partial charge is 0.370 e. The highest BCUT2D eigenvalue weighted by Gasteiger charge is 2.07. The zero-order valence-corrected chi connectivity index (χ0v) is 10.0. The van der Waals surface area contributed by atoms with Crippen LogP contribution in [0, 0.1) is 0 Å². The van der Waals surface area contributed by atoms with E-state index in [1.807, 2.05) is 0 Å². The van der Waals surface area contributed by atoms with E-state index in [1.54, 1.807) is 12.1 Å². The minimum absolute atomic E-state index is 0.243. The Morgan fingerprint density at radius 1 is 1.39 bits per heavy atom. The lowest BCUT2D eigenvalue weighted by molar-refractivity contribution is 0.102. The number of pyridine rings is 1. The molecule has 0 unspecified atom stereocenters. The molecular weight excluding hydrogens is 232 g/mol. The molecule has 0 atom stereocenters. The van der Waals surface area contributed by atoms with Gasteiger partial charge in [-0.1, -0.05) is 12.1 Å². The first-order chi connectivity index (χ1) is 8.79. The van der Waals surface area contributed by atoms with Gasteiger partial charge in [-0.25, -0.2) is 4.98 Å². The van der Waals surface area contributed by atoms with Gasteiger partial charge < -0.3 is 15.2 Å². The highest BCUT2D eigenvalue weighted by Crippen LogP contribution is 2.09. The highest BCUT2D eigenvalue weighted by atomic mass is 16.5. The summed E-state index contributed by atoms with van der Waals surface area (Å²) in [6, 6.07) is 3.49. The van der Waals surface area contributed by atoms with E-state index in [2.05, 4.69) is 32.2 Å². The van der Waals surface area contributed by atoms with Crippen molar-refractivity contribution in [3.63, 3.8) is 0 Å². The topological polar surface area (TPSA) is 80.0 Å². The number of rotatable bonds is 5. The Bertz CT molecular complexity index is 493. The summed E-state index contributed by atoms with van der Waals surface area (Å²) < 4.78 is 4.62. The van der Waals surface area contributed by atoms with Crippen molar-refractivity contribution in [2.45, 2.75) is 13.3 Å². The third kappa shape index (κ3) is 3.07. The Morgan fingerprint density at radius 3 is 2.89 bits per heavy atom. The van der Waals surface area contributed by atoms with Crippen molar-refractivity contribution in [1.29, 1.82) is 0 Å². The van der Waals surface area contributed by atoms with Crippen molar-refractivity contribution in [3.8, 4) is 0 Å². The standard InChI is InChI=1S/C12H14N4O2/c1-2-5-13-11-4-3-9(6-14-11)12(17)16-10-7-15-18-8-10/h3-4,6-8H,2,5H2,1H3,(H,13,14)(H,16,17). The summed E-state index contributed by atoms with van der Waals surface area (Å²) in [7, 11) is 0. The Morgan fingerprint density at radius 2 is 2.28 bits per heavy atom. The second-order valence-electron chi connectivity index (χ2n) is 3.73. The molecule has 2 aromatic rings. The molecular formula is C12H14N4O2. The van der Waals surface area contributed by atoms with Crippen LogP contribution in [0.3, 0.4) is 0 Å². The average Bonchev–Trinajstić information content (AvgIpc) is 2.89. The monoisotopic (exact) mass is 246 g/mol. The van der Waals surface area contributed by atoms with Crippen LogP contribution in [0.5, 0.6) is 0 Å². The van der Waals surface area contributed by atoms with Crippen LogP contribution in [0.15, 0.2) is 35.3 Å². The molecule has 0 aromatic carbocycles. The molecule has 6 heteroatoms. The van der Waals surface area contributed by atoms with E-state index in [0.29, 0.717) is 11.3 Å². The van der Waals surface area contributed by atoms with Crippen LogP contribution in [0.25, 0.3) is 0 Å². The summed E-state index contributed by atoms with van der Waals surface area (Å²) in [6.07, 6.45) is 5.35. The van der Waals surface area contributed by atoms with Crippen LogP contribution in [-0.2, 0) is 0 Å². The molecule has 0 bridgehead atoms. The van der Waals surface area contributed by atoms with E-state index in [1.165, 1.54) is 18.7 Å². The van der Waals surface area contributed by atoms with Crippen molar-refractivity contribution < 1.29 is 9.32 Å². The van der Waals surface area contributed by atoms with Crippen molar-refractivity contribution in [2.75, 3.05) is 17.2 Å². The first-order valence-electron chi connectivity index (χ1n) is 5.70. The smallest absolute Gasteiger partial charge is 0.257 e. The fraction of sp³-hybridized carbons (Fsp3) is 0.250. The summed E-state index contributed by atoms with van der Waals surface area (Å²) in [4.78, 5) is 16.0. The highest BCUT2D eigenvalue weighted by molar-refractivity contribution is 6.03. The molecule has 2 N–H and O–H groups in total. The lowest BCUT2D eigenvalue weighted by atomic mass is 10.2. The van der Waals surface area contributed by atoms with E-state index in [9.17, 15) is 4.79 Å². The lowest BCUT2D eigenvalue weighted by Gasteiger charge is -2.05. The van der Waals surface area contributed by atoms with Crippen LogP contribution in [-0.4, -0.2) is 22.6 Å². The van der Waals surface area contributed by atoms with Crippen LogP contribution in [0.1, 0.15) is 23.7 Å². The maximum absolute atomic E-state index is 11.8. The molecule has 0 fully saturated rings. The zero-order chi connectivity index (χ0) is 12.8. The molecule has 2 aromatic heterocycles. The summed E-state index contributed by atoms with van der Waals surface area (Å²) in [5.41, 5.74) is 1.01. The van der Waals surface area contributed by atoms with Gasteiger partial charge in [-0.15, -0.1) is 0 Å². The third-order valence-corrected chi connectivity index (χ3v) is 2.27. The number of carbonyl (C=O) groups excluding carboxylic acids is 1. The molecule has 0 radical (unpaired) electrons. The summed E-state index contributed by atoms with van der Waals surface area (Å²) in [5, 5.41) is 9.28. The van der Waals surface area contributed by atoms with Crippen molar-refractivity contribution in [2.24, 2.45) is 0 Å². The molecule has 2 heterocycles. The Kier molecular flexibility index (Phi) is 3.90. The average molecular weight is 246 g/mol. The predicted molar refractivity (Wildman–Crippen MR) is 67.5 cm³/mol. The summed E-state index contributed by atoms with van der Waals surface area (Å²) >= 11 is 0. The quantitative estimate of drug-likeness (QED) is 0.844. The SMILES string of the molecule is CCCNc1ccc(C(=O)Nc2cnoc2)cn1. The van der Waals surface area contributed by atoms with Crippen molar-refractivity contribution in [1.82, 2.24) is 10.1 Å². The van der Waals surface area contributed by atoms with Crippen LogP contribution in [0.4, 0.5) is 11.5 Å². The molecule has 0 aliphatic heterocycles. The molecule has 1 amide bonds. The summed E-state index contributed by atoms with van der Waals surface area (Å²) in [6.45, 7) is 2.94. The number of nitrogens with one attached hydrogen (secondary N) is 2. The third-order valence-electron chi connectivity index (χ3n) is 2.27. The molecule has 94 valence electrons. The molecule has 18 heavy (non-hydrogen) atoms. The molecule has 0 aliphatic carbocycles. The Balaban J connectivity index is 1.98. The van der Waals surface area contributed by atoms with Crippen molar-refractivity contribution >= 4 is 17.4 Å². The van der Waals surface area contributed by atoms with Gasteiger partial charge in [-0.2, -0.15) is 0 Å². The molecule has 2 rings (SSSR count). The van der Waals surface area contributed by atoms with Gasteiger partial charge in [-0.3, -0.25) is 4.79 Å². The first-order valence-corrected chi connectivity index (χ1v) is 5.70. The number of hydrogen-bond donors (Lipinski definition) is 2. The van der Waals surface area contributed by atoms with E-state index in [-0.39, 0.29) is 5.91 Å². The molecule has 0 saturated carbocycles. The minimum Gasteiger partial charge on any atom is -0.370 e. The van der Waals surface area contributed by atoms with Gasteiger partial charge in [0.05, 0.1) is 11.8 Å². The number of amides is 1. The van der Waals surface area contributed by atoms with Gasteiger partial charge in [0.25, 0.3) is 5.91 Å². The normalized spacial score (nSPS) is 10.1. The van der Waals surface area contributed by atoms with Gasteiger partial charge in [0, 0.05) is 12.7 Å². The van der Waals surface area contributed by atoms with Crippen molar-refractivity contribution in [3.05, 3.63) is 36.4 Å². The summed E-state index contributed by atoms with van der Waals surface area (Å²) in [5.74, 6) is 0.520. The van der Waals surface area contributed by atoms with Gasteiger partial charge in [0.2, 0.25) is 0 Å². The van der Waals surface area contributed by atoms with Crippen LogP contribution >= 0.6 is 0 Å². The predicted octanol–water partition coefficient (Wildman–Crippen LogP) is 2.14.